The van der Waals surface area contributed by atoms with Gasteiger partial charge in [0.2, 0.25) is 11.8 Å². The third-order valence-corrected chi connectivity index (χ3v) is 3.60. The molecule has 0 heterocycles. The van der Waals surface area contributed by atoms with Gasteiger partial charge in [-0.2, -0.15) is 11.8 Å². The first-order valence-electron chi connectivity index (χ1n) is 6.91. The molecule has 0 fully saturated rings. The van der Waals surface area contributed by atoms with E-state index >= 15 is 0 Å². The average Bonchev–Trinajstić information content (AvgIpc) is 2.45. The first kappa shape index (κ1) is 17.5. The number of nitrogens with one attached hydrogen (secondary N) is 2. The summed E-state index contributed by atoms with van der Waals surface area (Å²) in [5, 5.41) is 5.56. The summed E-state index contributed by atoms with van der Waals surface area (Å²) in [4.78, 5) is 22.6. The van der Waals surface area contributed by atoms with Crippen LogP contribution in [0.25, 0.3) is 0 Å². The van der Waals surface area contributed by atoms with Gasteiger partial charge < -0.3 is 16.4 Å². The Morgan fingerprint density at radius 3 is 2.52 bits per heavy atom. The van der Waals surface area contributed by atoms with Crippen LogP contribution in [0.15, 0.2) is 24.3 Å². The van der Waals surface area contributed by atoms with Crippen molar-refractivity contribution < 1.29 is 9.59 Å². The van der Waals surface area contributed by atoms with Gasteiger partial charge in [0.25, 0.3) is 0 Å². The highest BCUT2D eigenvalue weighted by molar-refractivity contribution is 7.98. The molecule has 0 aromatic heterocycles. The maximum absolute atomic E-state index is 11.7. The van der Waals surface area contributed by atoms with Crippen LogP contribution >= 0.6 is 11.8 Å². The van der Waals surface area contributed by atoms with Crippen molar-refractivity contribution in [3.8, 4) is 0 Å². The minimum absolute atomic E-state index is 0.0887. The van der Waals surface area contributed by atoms with E-state index in [4.69, 9.17) is 5.73 Å². The fourth-order valence-corrected chi connectivity index (χ4v) is 2.28. The second kappa shape index (κ2) is 9.41. The summed E-state index contributed by atoms with van der Waals surface area (Å²) in [6, 6.07) is 7.14. The van der Waals surface area contributed by atoms with E-state index in [2.05, 4.69) is 10.6 Å². The zero-order valence-corrected chi connectivity index (χ0v) is 13.3. The summed E-state index contributed by atoms with van der Waals surface area (Å²) < 4.78 is 0. The standard InChI is InChI=1S/C15H23N3O2S/c1-11(19)18-13-5-3-12(4-6-13)7-9-17-15(20)14(16)8-10-21-2/h3-6,14H,7-10,16H2,1-2H3,(H,17,20)(H,18,19)/t14-/m0/s1. The summed E-state index contributed by atoms with van der Waals surface area (Å²) in [7, 11) is 0. The largest absolute Gasteiger partial charge is 0.354 e. The van der Waals surface area contributed by atoms with Crippen LogP contribution in [0.2, 0.25) is 0 Å². The van der Waals surface area contributed by atoms with Crippen molar-refractivity contribution in [2.24, 2.45) is 5.73 Å². The molecule has 0 unspecified atom stereocenters. The molecule has 0 aliphatic heterocycles. The molecule has 0 spiro atoms. The van der Waals surface area contributed by atoms with E-state index in [1.54, 1.807) is 11.8 Å². The normalized spacial score (nSPS) is 11.8. The maximum Gasteiger partial charge on any atom is 0.236 e. The Hall–Kier alpha value is -1.53. The van der Waals surface area contributed by atoms with Gasteiger partial charge in [-0.1, -0.05) is 12.1 Å². The van der Waals surface area contributed by atoms with Gasteiger partial charge in [0.1, 0.15) is 0 Å². The predicted molar refractivity (Wildman–Crippen MR) is 88.4 cm³/mol. The monoisotopic (exact) mass is 309 g/mol. The van der Waals surface area contributed by atoms with Crippen molar-refractivity contribution in [1.82, 2.24) is 5.32 Å². The highest BCUT2D eigenvalue weighted by Crippen LogP contribution is 2.09. The lowest BCUT2D eigenvalue weighted by atomic mass is 10.1. The molecule has 0 saturated carbocycles. The van der Waals surface area contributed by atoms with Crippen molar-refractivity contribution >= 4 is 29.3 Å². The van der Waals surface area contributed by atoms with Crippen LogP contribution in [0.1, 0.15) is 18.9 Å². The van der Waals surface area contributed by atoms with E-state index < -0.39 is 6.04 Å². The van der Waals surface area contributed by atoms with E-state index in [9.17, 15) is 9.59 Å². The Morgan fingerprint density at radius 1 is 1.29 bits per heavy atom. The van der Waals surface area contributed by atoms with E-state index in [1.807, 2.05) is 30.5 Å². The number of hydrogen-bond acceptors (Lipinski definition) is 4. The Morgan fingerprint density at radius 2 is 1.95 bits per heavy atom. The molecule has 1 aromatic rings. The summed E-state index contributed by atoms with van der Waals surface area (Å²) in [5.41, 5.74) is 7.66. The number of rotatable bonds is 8. The highest BCUT2D eigenvalue weighted by Gasteiger charge is 2.11. The summed E-state index contributed by atoms with van der Waals surface area (Å²) in [6.45, 7) is 2.04. The van der Waals surface area contributed by atoms with E-state index in [-0.39, 0.29) is 11.8 Å². The van der Waals surface area contributed by atoms with Crippen molar-refractivity contribution in [1.29, 1.82) is 0 Å². The lowest BCUT2D eigenvalue weighted by molar-refractivity contribution is -0.122. The van der Waals surface area contributed by atoms with Crippen molar-refractivity contribution in [2.75, 3.05) is 23.9 Å². The van der Waals surface area contributed by atoms with Gasteiger partial charge in [0.15, 0.2) is 0 Å². The van der Waals surface area contributed by atoms with Crippen LogP contribution in [-0.2, 0) is 16.0 Å². The number of anilines is 1. The van der Waals surface area contributed by atoms with Gasteiger partial charge in [-0.15, -0.1) is 0 Å². The lowest BCUT2D eigenvalue weighted by Gasteiger charge is -2.11. The van der Waals surface area contributed by atoms with Crippen molar-refractivity contribution in [3.63, 3.8) is 0 Å². The molecule has 2 amide bonds. The first-order chi connectivity index (χ1) is 10.0. The number of thioether (sulfide) groups is 1. The fourth-order valence-electron chi connectivity index (χ4n) is 1.80. The molecule has 4 N–H and O–H groups in total. The first-order valence-corrected chi connectivity index (χ1v) is 8.31. The zero-order valence-electron chi connectivity index (χ0n) is 12.5. The fraction of sp³-hybridized carbons (Fsp3) is 0.467. The second-order valence-corrected chi connectivity index (χ2v) is 5.79. The van der Waals surface area contributed by atoms with Crippen LogP contribution in [0.4, 0.5) is 5.69 Å². The molecule has 0 radical (unpaired) electrons. The van der Waals surface area contributed by atoms with Crippen molar-refractivity contribution in [3.05, 3.63) is 29.8 Å². The Labute approximate surface area is 130 Å². The number of carbonyl (C=O) groups is 2. The molecule has 116 valence electrons. The Bertz CT molecular complexity index is 462. The average molecular weight is 309 g/mol. The van der Waals surface area contributed by atoms with Crippen molar-refractivity contribution in [2.45, 2.75) is 25.8 Å². The van der Waals surface area contributed by atoms with Gasteiger partial charge in [-0.25, -0.2) is 0 Å². The Kier molecular flexibility index (Phi) is 7.85. The molecule has 1 atom stereocenters. The smallest absolute Gasteiger partial charge is 0.236 e. The number of nitrogens with two attached hydrogens (primary N) is 1. The van der Waals surface area contributed by atoms with Gasteiger partial charge in [0, 0.05) is 19.2 Å². The third-order valence-electron chi connectivity index (χ3n) is 2.96. The molecule has 0 bridgehead atoms. The van der Waals surface area contributed by atoms with Crippen LogP contribution in [0.3, 0.4) is 0 Å². The zero-order chi connectivity index (χ0) is 15.7. The van der Waals surface area contributed by atoms with Crippen LogP contribution in [-0.4, -0.2) is 36.4 Å². The number of benzene rings is 1. The molecular formula is C15H23N3O2S. The molecule has 21 heavy (non-hydrogen) atoms. The van der Waals surface area contributed by atoms with Gasteiger partial charge in [-0.3, -0.25) is 9.59 Å². The summed E-state index contributed by atoms with van der Waals surface area (Å²) >= 11 is 1.68. The number of hydrogen-bond donors (Lipinski definition) is 3. The molecule has 6 heteroatoms. The molecule has 1 aromatic carbocycles. The van der Waals surface area contributed by atoms with Gasteiger partial charge in [0.05, 0.1) is 6.04 Å². The topological polar surface area (TPSA) is 84.2 Å². The molecule has 0 aliphatic carbocycles. The number of carbonyl (C=O) groups excluding carboxylic acids is 2. The summed E-state index contributed by atoms with van der Waals surface area (Å²) in [6.07, 6.45) is 3.43. The van der Waals surface area contributed by atoms with Gasteiger partial charge >= 0.3 is 0 Å². The van der Waals surface area contributed by atoms with Crippen LogP contribution in [0, 0.1) is 0 Å². The van der Waals surface area contributed by atoms with Gasteiger partial charge in [-0.05, 0) is 42.5 Å². The lowest BCUT2D eigenvalue weighted by Crippen LogP contribution is -2.41. The van der Waals surface area contributed by atoms with E-state index in [0.717, 1.165) is 23.4 Å². The maximum atomic E-state index is 11.7. The SMILES string of the molecule is CSCC[C@H](N)C(=O)NCCc1ccc(NC(C)=O)cc1. The molecule has 1 rings (SSSR count). The molecular weight excluding hydrogens is 286 g/mol. The molecule has 0 saturated heterocycles. The molecule has 0 aliphatic rings. The third kappa shape index (κ3) is 7.15. The molecule has 5 nitrogen and oxygen atoms in total. The quantitative estimate of drug-likeness (QED) is 0.677. The summed E-state index contributed by atoms with van der Waals surface area (Å²) in [5.74, 6) is 0.701. The van der Waals surface area contributed by atoms with E-state index in [0.29, 0.717) is 13.0 Å². The number of amides is 2. The van der Waals surface area contributed by atoms with Crippen LogP contribution < -0.4 is 16.4 Å². The minimum atomic E-state index is -0.431. The van der Waals surface area contributed by atoms with Crippen LogP contribution in [0.5, 0.6) is 0 Å². The van der Waals surface area contributed by atoms with E-state index in [1.165, 1.54) is 6.92 Å². The Balaban J connectivity index is 2.32. The highest BCUT2D eigenvalue weighted by atomic mass is 32.2. The predicted octanol–water partition coefficient (Wildman–Crippen LogP) is 1.38. The minimum Gasteiger partial charge on any atom is -0.354 e. The second-order valence-electron chi connectivity index (χ2n) is 4.81.